The number of carbonyl (C=O) groups excluding carboxylic acids is 2. The van der Waals surface area contributed by atoms with Gasteiger partial charge in [0.25, 0.3) is 11.8 Å². The normalized spacial score (nSPS) is 16.9. The van der Waals surface area contributed by atoms with Gasteiger partial charge >= 0.3 is 0 Å². The van der Waals surface area contributed by atoms with Gasteiger partial charge in [0.1, 0.15) is 6.61 Å². The Bertz CT molecular complexity index is 581. The van der Waals surface area contributed by atoms with Crippen LogP contribution in [0.15, 0.2) is 48.6 Å². The van der Waals surface area contributed by atoms with E-state index in [0.29, 0.717) is 11.5 Å². The molecule has 6 nitrogen and oxygen atoms in total. The molecule has 1 aliphatic heterocycles. The van der Waals surface area contributed by atoms with Crippen molar-refractivity contribution in [2.24, 2.45) is 0 Å². The van der Waals surface area contributed by atoms with Gasteiger partial charge in [0.15, 0.2) is 11.5 Å². The van der Waals surface area contributed by atoms with Crippen LogP contribution in [0.2, 0.25) is 0 Å². The molecule has 0 saturated heterocycles. The van der Waals surface area contributed by atoms with Crippen molar-refractivity contribution in [1.82, 2.24) is 10.9 Å². The molecule has 0 radical (unpaired) electrons. The van der Waals surface area contributed by atoms with E-state index in [-0.39, 0.29) is 6.61 Å². The minimum atomic E-state index is -0.806. The molecular formula is C15H16N2O4. The van der Waals surface area contributed by atoms with E-state index in [1.165, 1.54) is 6.08 Å². The molecule has 0 spiro atoms. The predicted molar refractivity (Wildman–Crippen MR) is 76.6 cm³/mol. The molecule has 2 rings (SSSR count). The molecule has 21 heavy (non-hydrogen) atoms. The molecule has 0 aliphatic carbocycles. The lowest BCUT2D eigenvalue weighted by molar-refractivity contribution is -0.134. The van der Waals surface area contributed by atoms with E-state index in [1.807, 2.05) is 13.0 Å². The summed E-state index contributed by atoms with van der Waals surface area (Å²) in [6.45, 7) is 1.93. The van der Waals surface area contributed by atoms with Gasteiger partial charge < -0.3 is 9.47 Å². The SMILES string of the molecule is C/C=C/C=C/C(=O)NNC(=O)[C@@H]1COc2ccccc2O1. The average Bonchev–Trinajstić information content (AvgIpc) is 2.52. The van der Waals surface area contributed by atoms with Crippen LogP contribution >= 0.6 is 0 Å². The molecule has 110 valence electrons. The van der Waals surface area contributed by atoms with Gasteiger partial charge in [0.2, 0.25) is 6.10 Å². The highest BCUT2D eigenvalue weighted by molar-refractivity contribution is 5.90. The summed E-state index contributed by atoms with van der Waals surface area (Å²) in [5, 5.41) is 0. The number of hydrazine groups is 1. The standard InChI is InChI=1S/C15H16N2O4/c1-2-3-4-9-14(18)16-17-15(19)13-10-20-11-7-5-6-8-12(11)21-13/h2-9,13H,10H2,1H3,(H,16,18)(H,17,19)/b3-2+,9-4+/t13-/m0/s1. The fraction of sp³-hybridized carbons (Fsp3) is 0.200. The first-order valence-corrected chi connectivity index (χ1v) is 6.48. The molecule has 6 heteroatoms. The number of hydrogen-bond donors (Lipinski definition) is 2. The summed E-state index contributed by atoms with van der Waals surface area (Å²) >= 11 is 0. The second-order valence-corrected chi connectivity index (χ2v) is 4.23. The summed E-state index contributed by atoms with van der Waals surface area (Å²) in [7, 11) is 0. The molecule has 0 saturated carbocycles. The van der Waals surface area contributed by atoms with Crippen molar-refractivity contribution in [3.63, 3.8) is 0 Å². The summed E-state index contributed by atoms with van der Waals surface area (Å²) in [5.74, 6) is 0.193. The predicted octanol–water partition coefficient (Wildman–Crippen LogP) is 1.11. The third-order valence-corrected chi connectivity index (χ3v) is 2.66. The van der Waals surface area contributed by atoms with Gasteiger partial charge in [-0.15, -0.1) is 0 Å². The van der Waals surface area contributed by atoms with Gasteiger partial charge in [-0.25, -0.2) is 0 Å². The summed E-state index contributed by atoms with van der Waals surface area (Å²) in [5.41, 5.74) is 4.56. The first kappa shape index (κ1) is 14.6. The average molecular weight is 288 g/mol. The Kier molecular flexibility index (Phi) is 4.98. The zero-order valence-electron chi connectivity index (χ0n) is 11.5. The Morgan fingerprint density at radius 2 is 1.95 bits per heavy atom. The maximum Gasteiger partial charge on any atom is 0.283 e. The van der Waals surface area contributed by atoms with Crippen molar-refractivity contribution in [3.05, 3.63) is 48.6 Å². The first-order valence-electron chi connectivity index (χ1n) is 6.48. The smallest absolute Gasteiger partial charge is 0.283 e. The van der Waals surface area contributed by atoms with Crippen LogP contribution in [-0.4, -0.2) is 24.5 Å². The summed E-state index contributed by atoms with van der Waals surface area (Å²) in [6.07, 6.45) is 5.55. The van der Waals surface area contributed by atoms with Crippen molar-refractivity contribution in [2.45, 2.75) is 13.0 Å². The molecule has 0 fully saturated rings. The molecule has 0 unspecified atom stereocenters. The Hall–Kier alpha value is -2.76. The number of allylic oxidation sites excluding steroid dienone is 3. The number of benzene rings is 1. The van der Waals surface area contributed by atoms with E-state index in [9.17, 15) is 9.59 Å². The Balaban J connectivity index is 1.84. The van der Waals surface area contributed by atoms with Gasteiger partial charge in [0.05, 0.1) is 0 Å². The molecule has 2 amide bonds. The highest BCUT2D eigenvalue weighted by Crippen LogP contribution is 2.30. The summed E-state index contributed by atoms with van der Waals surface area (Å²) < 4.78 is 10.9. The van der Waals surface area contributed by atoms with Crippen LogP contribution in [-0.2, 0) is 9.59 Å². The third kappa shape index (κ3) is 4.10. The largest absolute Gasteiger partial charge is 0.485 e. The summed E-state index contributed by atoms with van der Waals surface area (Å²) in [6, 6.07) is 7.08. The third-order valence-electron chi connectivity index (χ3n) is 2.66. The topological polar surface area (TPSA) is 76.7 Å². The molecule has 0 bridgehead atoms. The van der Waals surface area contributed by atoms with E-state index in [4.69, 9.17) is 9.47 Å². The number of ether oxygens (including phenoxy) is 2. The zero-order valence-corrected chi connectivity index (χ0v) is 11.5. The lowest BCUT2D eigenvalue weighted by Crippen LogP contribution is -2.50. The maximum atomic E-state index is 11.9. The van der Waals surface area contributed by atoms with Gasteiger partial charge in [-0.3, -0.25) is 20.4 Å². The number of carbonyl (C=O) groups is 2. The number of nitrogens with one attached hydrogen (secondary N) is 2. The lowest BCUT2D eigenvalue weighted by atomic mass is 10.2. The second-order valence-electron chi connectivity index (χ2n) is 4.23. The van der Waals surface area contributed by atoms with Crippen LogP contribution in [0.5, 0.6) is 11.5 Å². The minimum Gasteiger partial charge on any atom is -0.485 e. The van der Waals surface area contributed by atoms with Gasteiger partial charge in [-0.1, -0.05) is 30.4 Å². The second kappa shape index (κ2) is 7.14. The number of para-hydroxylation sites is 2. The highest BCUT2D eigenvalue weighted by atomic mass is 16.6. The van der Waals surface area contributed by atoms with Crippen molar-refractivity contribution in [3.8, 4) is 11.5 Å². The number of amides is 2. The van der Waals surface area contributed by atoms with E-state index >= 15 is 0 Å². The Morgan fingerprint density at radius 1 is 1.19 bits per heavy atom. The number of rotatable bonds is 3. The fourth-order valence-electron chi connectivity index (χ4n) is 1.65. The van der Waals surface area contributed by atoms with Crippen LogP contribution in [0.4, 0.5) is 0 Å². The lowest BCUT2D eigenvalue weighted by Gasteiger charge is -2.25. The summed E-state index contributed by atoms with van der Waals surface area (Å²) in [4.78, 5) is 23.3. The Labute approximate surface area is 122 Å². The van der Waals surface area contributed by atoms with Crippen LogP contribution < -0.4 is 20.3 Å². The van der Waals surface area contributed by atoms with Crippen LogP contribution in [0, 0.1) is 0 Å². The quantitative estimate of drug-likeness (QED) is 0.496. The molecule has 0 aromatic heterocycles. The van der Waals surface area contributed by atoms with E-state index < -0.39 is 17.9 Å². The van der Waals surface area contributed by atoms with Crippen molar-refractivity contribution in [2.75, 3.05) is 6.61 Å². The Morgan fingerprint density at radius 3 is 2.71 bits per heavy atom. The van der Waals surface area contributed by atoms with Crippen LogP contribution in [0.25, 0.3) is 0 Å². The van der Waals surface area contributed by atoms with Gasteiger partial charge in [-0.2, -0.15) is 0 Å². The fourth-order valence-corrected chi connectivity index (χ4v) is 1.65. The van der Waals surface area contributed by atoms with Crippen LogP contribution in [0.1, 0.15) is 6.92 Å². The molecular weight excluding hydrogens is 272 g/mol. The van der Waals surface area contributed by atoms with Crippen molar-refractivity contribution < 1.29 is 19.1 Å². The molecule has 1 atom stereocenters. The van der Waals surface area contributed by atoms with E-state index in [0.717, 1.165) is 0 Å². The minimum absolute atomic E-state index is 0.0904. The molecule has 1 aromatic rings. The molecule has 1 heterocycles. The van der Waals surface area contributed by atoms with Crippen LogP contribution in [0.3, 0.4) is 0 Å². The number of hydrogen-bond acceptors (Lipinski definition) is 4. The van der Waals surface area contributed by atoms with Gasteiger partial charge in [-0.05, 0) is 19.1 Å². The zero-order chi connectivity index (χ0) is 15.1. The molecule has 2 N–H and O–H groups in total. The highest BCUT2D eigenvalue weighted by Gasteiger charge is 2.27. The first-order chi connectivity index (χ1) is 10.2. The monoisotopic (exact) mass is 288 g/mol. The van der Waals surface area contributed by atoms with E-state index in [1.54, 1.807) is 36.4 Å². The van der Waals surface area contributed by atoms with E-state index in [2.05, 4.69) is 10.9 Å². The van der Waals surface area contributed by atoms with Crippen molar-refractivity contribution in [1.29, 1.82) is 0 Å². The molecule has 1 aromatic carbocycles. The van der Waals surface area contributed by atoms with Crippen molar-refractivity contribution >= 4 is 11.8 Å². The number of fused-ring (bicyclic) bond motifs is 1. The van der Waals surface area contributed by atoms with Gasteiger partial charge in [0, 0.05) is 6.08 Å². The molecule has 1 aliphatic rings. The maximum absolute atomic E-state index is 11.9.